The highest BCUT2D eigenvalue weighted by molar-refractivity contribution is 6.34. The van der Waals surface area contributed by atoms with E-state index in [-0.39, 0.29) is 11.6 Å². The molecule has 1 amide bonds. The summed E-state index contributed by atoms with van der Waals surface area (Å²) in [6, 6.07) is 6.91. The van der Waals surface area contributed by atoms with E-state index in [0.717, 1.165) is 17.2 Å². The summed E-state index contributed by atoms with van der Waals surface area (Å²) in [6.07, 6.45) is -2.10. The third kappa shape index (κ3) is 5.72. The minimum absolute atomic E-state index is 0.0802. The van der Waals surface area contributed by atoms with Gasteiger partial charge in [0.1, 0.15) is 17.2 Å². The Morgan fingerprint density at radius 2 is 1.79 bits per heavy atom. The Balaban J connectivity index is 1.73. The predicted molar refractivity (Wildman–Crippen MR) is 120 cm³/mol. The van der Waals surface area contributed by atoms with Crippen LogP contribution in [0.2, 0.25) is 5.02 Å². The molecule has 33 heavy (non-hydrogen) atoms. The van der Waals surface area contributed by atoms with Crippen LogP contribution in [0.3, 0.4) is 0 Å². The van der Waals surface area contributed by atoms with Gasteiger partial charge in [-0.25, -0.2) is 0 Å². The zero-order valence-corrected chi connectivity index (χ0v) is 19.1. The number of ether oxygens (including phenoxy) is 3. The summed E-state index contributed by atoms with van der Waals surface area (Å²) < 4.78 is 56.1. The van der Waals surface area contributed by atoms with Crippen molar-refractivity contribution >= 4 is 28.8 Å². The van der Waals surface area contributed by atoms with Crippen molar-refractivity contribution in [2.75, 3.05) is 46.3 Å². The molecule has 10 heteroatoms. The SMILES string of the molecule is COc1cc(OC)c(C2=CCN(CC(=O)Nc3c(Cl)cccc3C(F)(F)F)CC2)c(OC)c1. The second-order valence-corrected chi connectivity index (χ2v) is 7.74. The molecule has 0 unspecified atom stereocenters. The highest BCUT2D eigenvalue weighted by atomic mass is 35.5. The molecule has 3 rings (SSSR count). The monoisotopic (exact) mass is 484 g/mol. The van der Waals surface area contributed by atoms with Crippen LogP contribution < -0.4 is 19.5 Å². The van der Waals surface area contributed by atoms with E-state index < -0.39 is 23.3 Å². The lowest BCUT2D eigenvalue weighted by Crippen LogP contribution is -2.36. The molecule has 1 aliphatic heterocycles. The number of nitrogens with zero attached hydrogens (tertiary/aromatic N) is 1. The Labute approximate surface area is 194 Å². The molecular formula is C23H24ClF3N2O4. The summed E-state index contributed by atoms with van der Waals surface area (Å²) in [5.74, 6) is 1.22. The summed E-state index contributed by atoms with van der Waals surface area (Å²) in [6.45, 7) is 0.866. The quantitative estimate of drug-likeness (QED) is 0.591. The van der Waals surface area contributed by atoms with Crippen molar-refractivity contribution in [2.45, 2.75) is 12.6 Å². The number of rotatable bonds is 7. The van der Waals surface area contributed by atoms with E-state index >= 15 is 0 Å². The molecule has 0 saturated carbocycles. The number of benzene rings is 2. The maximum absolute atomic E-state index is 13.3. The standard InChI is InChI=1S/C23H24ClF3N2O4/c1-31-15-11-18(32-2)21(19(12-15)33-3)14-7-9-29(10-8-14)13-20(30)28-22-16(23(25,26)27)5-4-6-17(22)24/h4-7,11-12H,8-10,13H2,1-3H3,(H,28,30). The topological polar surface area (TPSA) is 60.0 Å². The van der Waals surface area contributed by atoms with Crippen LogP contribution in [0.1, 0.15) is 17.5 Å². The molecule has 0 bridgehead atoms. The normalized spacial score (nSPS) is 14.5. The maximum Gasteiger partial charge on any atom is 0.418 e. The average Bonchev–Trinajstić information content (AvgIpc) is 2.79. The molecule has 2 aromatic carbocycles. The second kappa shape index (κ2) is 10.4. The number of anilines is 1. The summed E-state index contributed by atoms with van der Waals surface area (Å²) in [5, 5.41) is 2.15. The molecule has 0 atom stereocenters. The lowest BCUT2D eigenvalue weighted by atomic mass is 9.97. The third-order valence-electron chi connectivity index (χ3n) is 5.28. The smallest absolute Gasteiger partial charge is 0.418 e. The number of methoxy groups -OCH3 is 3. The molecule has 1 N–H and O–H groups in total. The number of carbonyl (C=O) groups is 1. The van der Waals surface area contributed by atoms with Crippen LogP contribution in [0.25, 0.3) is 5.57 Å². The molecule has 2 aromatic rings. The number of hydrogen-bond donors (Lipinski definition) is 1. The van der Waals surface area contributed by atoms with Crippen LogP contribution in [-0.4, -0.2) is 51.8 Å². The molecule has 0 fully saturated rings. The van der Waals surface area contributed by atoms with Gasteiger partial charge < -0.3 is 19.5 Å². The maximum atomic E-state index is 13.3. The zero-order valence-electron chi connectivity index (χ0n) is 18.4. The minimum atomic E-state index is -4.63. The van der Waals surface area contributed by atoms with E-state index in [1.54, 1.807) is 33.5 Å². The number of para-hydroxylation sites is 1. The molecule has 0 aliphatic carbocycles. The number of amides is 1. The van der Waals surface area contributed by atoms with E-state index in [1.807, 2.05) is 11.0 Å². The number of nitrogens with one attached hydrogen (secondary N) is 1. The van der Waals surface area contributed by atoms with Crippen molar-refractivity contribution in [1.82, 2.24) is 4.90 Å². The average molecular weight is 485 g/mol. The van der Waals surface area contributed by atoms with Crippen molar-refractivity contribution in [3.05, 3.63) is 52.6 Å². The van der Waals surface area contributed by atoms with Gasteiger partial charge >= 0.3 is 6.18 Å². The fourth-order valence-corrected chi connectivity index (χ4v) is 3.90. The largest absolute Gasteiger partial charge is 0.496 e. The second-order valence-electron chi connectivity index (χ2n) is 7.33. The van der Waals surface area contributed by atoms with E-state index in [1.165, 1.54) is 12.1 Å². The van der Waals surface area contributed by atoms with Crippen LogP contribution in [0.5, 0.6) is 17.2 Å². The Morgan fingerprint density at radius 1 is 1.12 bits per heavy atom. The molecule has 178 valence electrons. The van der Waals surface area contributed by atoms with Gasteiger partial charge in [-0.05, 0) is 24.1 Å². The summed E-state index contributed by atoms with van der Waals surface area (Å²) >= 11 is 5.92. The van der Waals surface area contributed by atoms with E-state index in [0.29, 0.717) is 36.8 Å². The lowest BCUT2D eigenvalue weighted by Gasteiger charge is -2.27. The van der Waals surface area contributed by atoms with E-state index in [2.05, 4.69) is 5.32 Å². The summed E-state index contributed by atoms with van der Waals surface area (Å²) in [4.78, 5) is 14.3. The van der Waals surface area contributed by atoms with Crippen LogP contribution in [0, 0.1) is 0 Å². The first-order valence-electron chi connectivity index (χ1n) is 10.0. The van der Waals surface area contributed by atoms with Crippen molar-refractivity contribution < 1.29 is 32.2 Å². The highest BCUT2D eigenvalue weighted by Gasteiger charge is 2.35. The molecule has 0 saturated heterocycles. The van der Waals surface area contributed by atoms with Gasteiger partial charge in [0.05, 0.1) is 49.7 Å². The lowest BCUT2D eigenvalue weighted by molar-refractivity contribution is -0.137. The first-order chi connectivity index (χ1) is 15.7. The molecule has 1 heterocycles. The van der Waals surface area contributed by atoms with Gasteiger partial charge in [-0.3, -0.25) is 9.69 Å². The van der Waals surface area contributed by atoms with Crippen molar-refractivity contribution in [3.8, 4) is 17.2 Å². The first-order valence-corrected chi connectivity index (χ1v) is 10.4. The highest BCUT2D eigenvalue weighted by Crippen LogP contribution is 2.41. The zero-order chi connectivity index (χ0) is 24.2. The molecular weight excluding hydrogens is 461 g/mol. The fraction of sp³-hybridized carbons (Fsp3) is 0.348. The molecule has 6 nitrogen and oxygen atoms in total. The third-order valence-corrected chi connectivity index (χ3v) is 5.60. The van der Waals surface area contributed by atoms with Crippen LogP contribution in [0.4, 0.5) is 18.9 Å². The Hall–Kier alpha value is -2.91. The van der Waals surface area contributed by atoms with E-state index in [4.69, 9.17) is 25.8 Å². The Morgan fingerprint density at radius 3 is 2.30 bits per heavy atom. The van der Waals surface area contributed by atoms with Crippen LogP contribution in [0.15, 0.2) is 36.4 Å². The molecule has 0 spiro atoms. The van der Waals surface area contributed by atoms with Crippen molar-refractivity contribution in [1.29, 1.82) is 0 Å². The Bertz CT molecular complexity index is 1030. The van der Waals surface area contributed by atoms with Gasteiger partial charge in [-0.15, -0.1) is 0 Å². The summed E-state index contributed by atoms with van der Waals surface area (Å²) in [5.41, 5.74) is 0.366. The summed E-state index contributed by atoms with van der Waals surface area (Å²) in [7, 11) is 4.67. The number of halogens is 4. The van der Waals surface area contributed by atoms with Gasteiger partial charge in [0.2, 0.25) is 5.91 Å². The van der Waals surface area contributed by atoms with Gasteiger partial charge in [0.25, 0.3) is 0 Å². The van der Waals surface area contributed by atoms with Gasteiger partial charge in [0.15, 0.2) is 0 Å². The minimum Gasteiger partial charge on any atom is -0.496 e. The Kier molecular flexibility index (Phi) is 7.76. The predicted octanol–water partition coefficient (Wildman–Crippen LogP) is 5.11. The van der Waals surface area contributed by atoms with Gasteiger partial charge in [-0.1, -0.05) is 23.7 Å². The van der Waals surface area contributed by atoms with Crippen molar-refractivity contribution in [3.63, 3.8) is 0 Å². The van der Waals surface area contributed by atoms with E-state index in [9.17, 15) is 18.0 Å². The van der Waals surface area contributed by atoms with Crippen LogP contribution >= 0.6 is 11.6 Å². The van der Waals surface area contributed by atoms with Crippen molar-refractivity contribution in [2.24, 2.45) is 0 Å². The number of carbonyl (C=O) groups excluding carboxylic acids is 1. The number of hydrogen-bond acceptors (Lipinski definition) is 5. The van der Waals surface area contributed by atoms with Gasteiger partial charge in [0, 0.05) is 25.2 Å². The first kappa shape index (κ1) is 24.7. The number of alkyl halides is 3. The fourth-order valence-electron chi connectivity index (χ4n) is 3.67. The van der Waals surface area contributed by atoms with Crippen LogP contribution in [-0.2, 0) is 11.0 Å². The molecule has 0 aromatic heterocycles. The molecule has 0 radical (unpaired) electrons. The molecule has 1 aliphatic rings. The van der Waals surface area contributed by atoms with Gasteiger partial charge in [-0.2, -0.15) is 13.2 Å².